The van der Waals surface area contributed by atoms with E-state index in [1.165, 1.54) is 0 Å². The molecule has 33 heavy (non-hydrogen) atoms. The van der Waals surface area contributed by atoms with E-state index in [2.05, 4.69) is 24.8 Å². The lowest BCUT2D eigenvalue weighted by molar-refractivity contribution is -0.151. The van der Waals surface area contributed by atoms with Crippen molar-refractivity contribution in [3.63, 3.8) is 0 Å². The number of aliphatic hydroxyl groups is 2. The van der Waals surface area contributed by atoms with Gasteiger partial charge >= 0.3 is 0 Å². The van der Waals surface area contributed by atoms with Crippen molar-refractivity contribution in [2.24, 2.45) is 11.3 Å². The SMILES string of the molecule is C=CCCCC(=O)N1[C@@H](CO)C[C@@]23C(=O)N4CCCC/C=C\CC/C=C/C(=C(O)[C@H]12)[C@@H]3CC4. The number of aliphatic hydroxyl groups excluding tert-OH is 2. The summed E-state index contributed by atoms with van der Waals surface area (Å²) in [6, 6.07) is -1.13. The first-order valence-corrected chi connectivity index (χ1v) is 12.6. The van der Waals surface area contributed by atoms with E-state index in [0.717, 1.165) is 50.5 Å². The first-order chi connectivity index (χ1) is 16.1. The van der Waals surface area contributed by atoms with Crippen molar-refractivity contribution in [1.82, 2.24) is 9.80 Å². The van der Waals surface area contributed by atoms with E-state index in [1.807, 2.05) is 11.0 Å². The Hall–Kier alpha value is -2.34. The number of likely N-dealkylation sites (tertiary alicyclic amines) is 1. The fraction of sp³-hybridized carbons (Fsp3) is 0.630. The van der Waals surface area contributed by atoms with Gasteiger partial charge in [-0.3, -0.25) is 9.59 Å². The number of hydrogen-bond acceptors (Lipinski definition) is 4. The van der Waals surface area contributed by atoms with Gasteiger partial charge in [-0.1, -0.05) is 30.4 Å². The summed E-state index contributed by atoms with van der Waals surface area (Å²) >= 11 is 0. The van der Waals surface area contributed by atoms with E-state index >= 15 is 0 Å². The minimum absolute atomic E-state index is 0.0453. The smallest absolute Gasteiger partial charge is 0.232 e. The zero-order valence-corrected chi connectivity index (χ0v) is 19.6. The van der Waals surface area contributed by atoms with Crippen LogP contribution in [0.1, 0.15) is 64.2 Å². The molecule has 6 nitrogen and oxygen atoms in total. The normalized spacial score (nSPS) is 34.1. The van der Waals surface area contributed by atoms with Gasteiger partial charge in [0.25, 0.3) is 0 Å². The Bertz CT molecular complexity index is 860. The van der Waals surface area contributed by atoms with Crippen LogP contribution in [0, 0.1) is 11.3 Å². The summed E-state index contributed by atoms with van der Waals surface area (Å²) in [5.41, 5.74) is -0.0609. The van der Waals surface area contributed by atoms with Gasteiger partial charge in [-0.15, -0.1) is 6.58 Å². The summed E-state index contributed by atoms with van der Waals surface area (Å²) in [7, 11) is 0. The summed E-state index contributed by atoms with van der Waals surface area (Å²) in [5, 5.41) is 21.7. The molecule has 4 heterocycles. The van der Waals surface area contributed by atoms with Crippen molar-refractivity contribution in [3.05, 3.63) is 48.3 Å². The maximum atomic E-state index is 14.1. The number of carbonyl (C=O) groups excluding carboxylic acids is 2. The third kappa shape index (κ3) is 4.18. The molecule has 0 aromatic carbocycles. The molecule has 2 saturated heterocycles. The number of nitrogens with zero attached hydrogens (tertiary/aromatic N) is 2. The number of carbonyl (C=O) groups is 2. The lowest BCUT2D eigenvalue weighted by Crippen LogP contribution is -2.57. The molecule has 4 atom stereocenters. The summed E-state index contributed by atoms with van der Waals surface area (Å²) < 4.78 is 0. The summed E-state index contributed by atoms with van der Waals surface area (Å²) in [4.78, 5) is 31.0. The fourth-order valence-corrected chi connectivity index (χ4v) is 6.47. The predicted octanol–water partition coefficient (Wildman–Crippen LogP) is 4.04. The molecule has 0 saturated carbocycles. The summed E-state index contributed by atoms with van der Waals surface area (Å²) in [6.45, 7) is 4.91. The van der Waals surface area contributed by atoms with Crippen molar-refractivity contribution < 1.29 is 19.8 Å². The Labute approximate surface area is 197 Å². The highest BCUT2D eigenvalue weighted by atomic mass is 16.3. The molecular weight excluding hydrogens is 416 g/mol. The number of amides is 2. The van der Waals surface area contributed by atoms with Crippen molar-refractivity contribution in [2.75, 3.05) is 19.7 Å². The molecule has 1 spiro atoms. The molecule has 4 bridgehead atoms. The molecule has 0 aromatic heterocycles. The molecule has 2 amide bonds. The zero-order chi connectivity index (χ0) is 23.4. The third-order valence-electron chi connectivity index (χ3n) is 7.97. The van der Waals surface area contributed by atoms with Crippen LogP contribution < -0.4 is 0 Å². The quantitative estimate of drug-likeness (QED) is 0.485. The van der Waals surface area contributed by atoms with Crippen LogP contribution in [0.2, 0.25) is 0 Å². The molecule has 0 unspecified atom stereocenters. The second-order valence-electron chi connectivity index (χ2n) is 9.89. The maximum Gasteiger partial charge on any atom is 0.232 e. The average molecular weight is 455 g/mol. The molecule has 5 rings (SSSR count). The molecule has 2 fully saturated rings. The van der Waals surface area contributed by atoms with Crippen LogP contribution in [0.5, 0.6) is 0 Å². The Balaban J connectivity index is 1.74. The Morgan fingerprint density at radius 2 is 1.97 bits per heavy atom. The van der Waals surface area contributed by atoms with Crippen LogP contribution in [0.25, 0.3) is 0 Å². The fourth-order valence-electron chi connectivity index (χ4n) is 6.47. The topological polar surface area (TPSA) is 81.1 Å². The zero-order valence-electron chi connectivity index (χ0n) is 19.6. The van der Waals surface area contributed by atoms with Crippen LogP contribution in [0.15, 0.2) is 48.3 Å². The first kappa shape index (κ1) is 23.8. The first-order valence-electron chi connectivity index (χ1n) is 12.6. The number of allylic oxidation sites excluding steroid dienone is 6. The van der Waals surface area contributed by atoms with Gasteiger partial charge in [0.2, 0.25) is 11.8 Å². The van der Waals surface area contributed by atoms with E-state index < -0.39 is 17.5 Å². The molecule has 6 heteroatoms. The minimum Gasteiger partial charge on any atom is -0.510 e. The number of hydrogen-bond donors (Lipinski definition) is 2. The molecule has 0 aromatic rings. The van der Waals surface area contributed by atoms with Gasteiger partial charge in [0.1, 0.15) is 11.8 Å². The van der Waals surface area contributed by atoms with E-state index in [1.54, 1.807) is 11.0 Å². The van der Waals surface area contributed by atoms with Crippen LogP contribution >= 0.6 is 0 Å². The van der Waals surface area contributed by atoms with Crippen molar-refractivity contribution in [3.8, 4) is 0 Å². The molecule has 1 aliphatic carbocycles. The highest BCUT2D eigenvalue weighted by molar-refractivity contribution is 5.90. The van der Waals surface area contributed by atoms with Crippen molar-refractivity contribution >= 4 is 11.8 Å². The van der Waals surface area contributed by atoms with Gasteiger partial charge in [-0.2, -0.15) is 0 Å². The highest BCUT2D eigenvalue weighted by Crippen LogP contribution is 2.60. The Morgan fingerprint density at radius 1 is 1.18 bits per heavy atom. The highest BCUT2D eigenvalue weighted by Gasteiger charge is 2.69. The monoisotopic (exact) mass is 454 g/mol. The lowest BCUT2D eigenvalue weighted by Gasteiger charge is -2.44. The van der Waals surface area contributed by atoms with Gasteiger partial charge in [0.15, 0.2) is 0 Å². The Morgan fingerprint density at radius 3 is 2.76 bits per heavy atom. The molecular formula is C27H38N2O4. The van der Waals surface area contributed by atoms with Gasteiger partial charge in [0.05, 0.1) is 18.1 Å². The molecule has 5 aliphatic rings. The second kappa shape index (κ2) is 10.3. The van der Waals surface area contributed by atoms with Crippen molar-refractivity contribution in [1.29, 1.82) is 0 Å². The van der Waals surface area contributed by atoms with Gasteiger partial charge in [-0.25, -0.2) is 0 Å². The van der Waals surface area contributed by atoms with Gasteiger partial charge in [-0.05, 0) is 63.4 Å². The van der Waals surface area contributed by atoms with Crippen LogP contribution in [0.3, 0.4) is 0 Å². The molecule has 4 aliphatic heterocycles. The largest absolute Gasteiger partial charge is 0.510 e. The summed E-state index contributed by atoms with van der Waals surface area (Å²) in [5.74, 6) is -0.0213. The Kier molecular flexibility index (Phi) is 7.42. The van der Waals surface area contributed by atoms with E-state index in [9.17, 15) is 19.8 Å². The number of unbranched alkanes of at least 4 members (excludes halogenated alkanes) is 1. The predicted molar refractivity (Wildman–Crippen MR) is 128 cm³/mol. The van der Waals surface area contributed by atoms with Crippen LogP contribution in [-0.4, -0.2) is 63.6 Å². The van der Waals surface area contributed by atoms with E-state index in [-0.39, 0.29) is 30.1 Å². The minimum atomic E-state index is -0.873. The molecule has 0 radical (unpaired) electrons. The average Bonchev–Trinajstić information content (AvgIpc) is 3.26. The van der Waals surface area contributed by atoms with Gasteiger partial charge < -0.3 is 20.0 Å². The standard InChI is InChI=1S/C27H38N2O4/c1-2-3-10-14-23(31)29-20(19-30)18-27-22-15-17-28(26(27)33)16-12-9-7-5-4-6-8-11-13-21(22)24(32)25(27)29/h2,4-5,11,13,20,22,25,30,32H,1,3,6-10,12,14-19H2/b5-4-,13-11+/t20-,22+,25+,27+/m1/s1. The van der Waals surface area contributed by atoms with Crippen LogP contribution in [-0.2, 0) is 9.59 Å². The van der Waals surface area contributed by atoms with Crippen LogP contribution in [0.4, 0.5) is 0 Å². The maximum absolute atomic E-state index is 14.1. The van der Waals surface area contributed by atoms with Crippen molar-refractivity contribution in [2.45, 2.75) is 76.3 Å². The molecule has 180 valence electrons. The lowest BCUT2D eigenvalue weighted by atomic mass is 9.66. The molecule has 2 N–H and O–H groups in total. The number of rotatable bonds is 5. The van der Waals surface area contributed by atoms with E-state index in [4.69, 9.17) is 0 Å². The second-order valence-corrected chi connectivity index (χ2v) is 9.89. The number of piperidine rings is 1. The summed E-state index contributed by atoms with van der Waals surface area (Å²) in [6.07, 6.45) is 18.0. The number of fused-ring (bicyclic) bond motifs is 8. The third-order valence-corrected chi connectivity index (χ3v) is 7.97. The van der Waals surface area contributed by atoms with E-state index in [0.29, 0.717) is 32.4 Å². The van der Waals surface area contributed by atoms with Gasteiger partial charge in [0, 0.05) is 25.4 Å².